The van der Waals surface area contributed by atoms with Crippen molar-refractivity contribution in [1.82, 2.24) is 0 Å². The predicted octanol–water partition coefficient (Wildman–Crippen LogP) is 1.92. The van der Waals surface area contributed by atoms with Crippen LogP contribution in [-0.4, -0.2) is 19.1 Å². The fraction of sp³-hybridized carbons (Fsp3) is 0.333. The Morgan fingerprint density at radius 3 is 2.69 bits per heavy atom. The van der Waals surface area contributed by atoms with E-state index in [1.165, 1.54) is 0 Å². The number of amides is 1. The smallest absolute Gasteiger partial charge is 0.226 e. The van der Waals surface area contributed by atoms with Crippen LogP contribution in [-0.2, 0) is 9.53 Å². The Morgan fingerprint density at radius 2 is 2.12 bits per heavy atom. The van der Waals surface area contributed by atoms with Gasteiger partial charge < -0.3 is 10.1 Å². The monoisotopic (exact) mass is 218 g/mol. The summed E-state index contributed by atoms with van der Waals surface area (Å²) in [5.74, 6) is -0.0850. The maximum Gasteiger partial charge on any atom is 0.226 e. The first-order chi connectivity index (χ1) is 7.76. The van der Waals surface area contributed by atoms with Gasteiger partial charge in [0.15, 0.2) is 0 Å². The minimum Gasteiger partial charge on any atom is -0.381 e. The highest BCUT2D eigenvalue weighted by atomic mass is 16.5. The molecule has 0 fully saturated rings. The summed E-state index contributed by atoms with van der Waals surface area (Å²) in [5, 5.41) is 11.3. The molecule has 1 amide bonds. The molecule has 0 aromatic heterocycles. The first kappa shape index (κ1) is 12.2. The zero-order chi connectivity index (χ0) is 11.8. The molecule has 4 heteroatoms. The van der Waals surface area contributed by atoms with Gasteiger partial charge in [-0.05, 0) is 31.2 Å². The number of nitrogens with zero attached hydrogens (tertiary/aromatic N) is 1. The Balaban J connectivity index is 2.41. The topological polar surface area (TPSA) is 62.1 Å². The van der Waals surface area contributed by atoms with Gasteiger partial charge in [0.1, 0.15) is 0 Å². The first-order valence-electron chi connectivity index (χ1n) is 5.14. The normalized spacial score (nSPS) is 9.50. The number of benzene rings is 1. The Labute approximate surface area is 94.8 Å². The summed E-state index contributed by atoms with van der Waals surface area (Å²) in [4.78, 5) is 11.4. The molecule has 4 nitrogen and oxygen atoms in total. The number of nitriles is 1. The number of rotatable bonds is 5. The van der Waals surface area contributed by atoms with Crippen molar-refractivity contribution in [3.05, 3.63) is 29.8 Å². The summed E-state index contributed by atoms with van der Waals surface area (Å²) in [7, 11) is 0. The van der Waals surface area contributed by atoms with Crippen molar-refractivity contribution < 1.29 is 9.53 Å². The van der Waals surface area contributed by atoms with Crippen LogP contribution in [0.4, 0.5) is 5.69 Å². The lowest BCUT2D eigenvalue weighted by atomic mass is 10.2. The molecule has 1 N–H and O–H groups in total. The van der Waals surface area contributed by atoms with Crippen molar-refractivity contribution in [2.24, 2.45) is 0 Å². The molecule has 0 unspecified atom stereocenters. The first-order valence-corrected chi connectivity index (χ1v) is 5.14. The van der Waals surface area contributed by atoms with E-state index in [0.29, 0.717) is 30.9 Å². The molecule has 16 heavy (non-hydrogen) atoms. The van der Waals surface area contributed by atoms with Crippen LogP contribution < -0.4 is 5.32 Å². The van der Waals surface area contributed by atoms with E-state index >= 15 is 0 Å². The Morgan fingerprint density at radius 1 is 1.44 bits per heavy atom. The summed E-state index contributed by atoms with van der Waals surface area (Å²) in [6, 6.07) is 8.76. The van der Waals surface area contributed by atoms with Crippen LogP contribution in [0.3, 0.4) is 0 Å². The van der Waals surface area contributed by atoms with Crippen LogP contribution in [0.25, 0.3) is 0 Å². The highest BCUT2D eigenvalue weighted by Crippen LogP contribution is 2.08. The van der Waals surface area contributed by atoms with Gasteiger partial charge in [-0.1, -0.05) is 0 Å². The van der Waals surface area contributed by atoms with Gasteiger partial charge in [-0.25, -0.2) is 0 Å². The van der Waals surface area contributed by atoms with Gasteiger partial charge >= 0.3 is 0 Å². The SMILES string of the molecule is CCOCCC(=O)Nc1ccc(C#N)cc1. The van der Waals surface area contributed by atoms with Crippen LogP contribution >= 0.6 is 0 Å². The van der Waals surface area contributed by atoms with Crippen molar-refractivity contribution in [1.29, 1.82) is 5.26 Å². The summed E-state index contributed by atoms with van der Waals surface area (Å²) in [6.45, 7) is 2.93. The van der Waals surface area contributed by atoms with Gasteiger partial charge in [0.25, 0.3) is 0 Å². The minimum atomic E-state index is -0.0850. The second-order valence-corrected chi connectivity index (χ2v) is 3.18. The molecule has 1 rings (SSSR count). The summed E-state index contributed by atoms with van der Waals surface area (Å²) >= 11 is 0. The van der Waals surface area contributed by atoms with E-state index in [9.17, 15) is 4.79 Å². The van der Waals surface area contributed by atoms with Gasteiger partial charge in [0, 0.05) is 12.3 Å². The predicted molar refractivity (Wildman–Crippen MR) is 60.9 cm³/mol. The lowest BCUT2D eigenvalue weighted by Crippen LogP contribution is -2.14. The molecule has 0 saturated carbocycles. The zero-order valence-corrected chi connectivity index (χ0v) is 9.19. The Kier molecular flexibility index (Phi) is 5.03. The van der Waals surface area contributed by atoms with Gasteiger partial charge in [-0.3, -0.25) is 4.79 Å². The summed E-state index contributed by atoms with van der Waals surface area (Å²) in [6.07, 6.45) is 0.341. The van der Waals surface area contributed by atoms with E-state index in [4.69, 9.17) is 10.00 Å². The molecule has 84 valence electrons. The Hall–Kier alpha value is -1.86. The molecular weight excluding hydrogens is 204 g/mol. The van der Waals surface area contributed by atoms with E-state index in [-0.39, 0.29) is 5.91 Å². The average molecular weight is 218 g/mol. The maximum atomic E-state index is 11.4. The summed E-state index contributed by atoms with van der Waals surface area (Å²) in [5.41, 5.74) is 1.27. The van der Waals surface area contributed by atoms with Gasteiger partial charge in [-0.15, -0.1) is 0 Å². The molecule has 0 aliphatic heterocycles. The molecule has 1 aromatic rings. The van der Waals surface area contributed by atoms with E-state index < -0.39 is 0 Å². The standard InChI is InChI=1S/C12H14N2O2/c1-2-16-8-7-12(15)14-11-5-3-10(9-13)4-6-11/h3-6H,2,7-8H2,1H3,(H,14,15). The summed E-state index contributed by atoms with van der Waals surface area (Å²) < 4.78 is 5.07. The molecule has 0 atom stereocenters. The van der Waals surface area contributed by atoms with E-state index in [1.807, 2.05) is 13.0 Å². The third-order valence-electron chi connectivity index (χ3n) is 1.98. The second-order valence-electron chi connectivity index (χ2n) is 3.18. The van der Waals surface area contributed by atoms with Crippen molar-refractivity contribution in [2.45, 2.75) is 13.3 Å². The van der Waals surface area contributed by atoms with E-state index in [2.05, 4.69) is 5.32 Å². The number of ether oxygens (including phenoxy) is 1. The fourth-order valence-corrected chi connectivity index (χ4v) is 1.16. The van der Waals surface area contributed by atoms with Crippen molar-refractivity contribution in [3.8, 4) is 6.07 Å². The third-order valence-corrected chi connectivity index (χ3v) is 1.98. The highest BCUT2D eigenvalue weighted by molar-refractivity contribution is 5.90. The number of hydrogen-bond acceptors (Lipinski definition) is 3. The molecule has 0 aliphatic carbocycles. The molecule has 1 aromatic carbocycles. The highest BCUT2D eigenvalue weighted by Gasteiger charge is 2.01. The molecule has 0 bridgehead atoms. The number of carbonyl (C=O) groups excluding carboxylic acids is 1. The van der Waals surface area contributed by atoms with E-state index in [1.54, 1.807) is 24.3 Å². The fourth-order valence-electron chi connectivity index (χ4n) is 1.16. The molecular formula is C12H14N2O2. The van der Waals surface area contributed by atoms with Crippen LogP contribution in [0.1, 0.15) is 18.9 Å². The molecule has 0 spiro atoms. The number of nitrogens with one attached hydrogen (secondary N) is 1. The number of carbonyl (C=O) groups is 1. The maximum absolute atomic E-state index is 11.4. The number of hydrogen-bond donors (Lipinski definition) is 1. The van der Waals surface area contributed by atoms with Crippen LogP contribution in [0.2, 0.25) is 0 Å². The van der Waals surface area contributed by atoms with Gasteiger partial charge in [-0.2, -0.15) is 5.26 Å². The van der Waals surface area contributed by atoms with Crippen LogP contribution in [0, 0.1) is 11.3 Å². The quantitative estimate of drug-likeness (QED) is 0.768. The largest absolute Gasteiger partial charge is 0.381 e. The second kappa shape index (κ2) is 6.59. The molecule has 0 heterocycles. The van der Waals surface area contributed by atoms with Gasteiger partial charge in [0.2, 0.25) is 5.91 Å². The number of anilines is 1. The van der Waals surface area contributed by atoms with Crippen molar-refractivity contribution in [3.63, 3.8) is 0 Å². The molecule has 0 aliphatic rings. The molecule has 0 radical (unpaired) electrons. The zero-order valence-electron chi connectivity index (χ0n) is 9.19. The average Bonchev–Trinajstić information content (AvgIpc) is 2.30. The van der Waals surface area contributed by atoms with Crippen molar-refractivity contribution >= 4 is 11.6 Å². The lowest BCUT2D eigenvalue weighted by Gasteiger charge is -2.04. The molecule has 0 saturated heterocycles. The van der Waals surface area contributed by atoms with Crippen LogP contribution in [0.5, 0.6) is 0 Å². The third kappa shape index (κ3) is 4.11. The van der Waals surface area contributed by atoms with Crippen LogP contribution in [0.15, 0.2) is 24.3 Å². The van der Waals surface area contributed by atoms with Crippen molar-refractivity contribution in [2.75, 3.05) is 18.5 Å². The van der Waals surface area contributed by atoms with Gasteiger partial charge in [0.05, 0.1) is 24.7 Å². The minimum absolute atomic E-state index is 0.0850. The lowest BCUT2D eigenvalue weighted by molar-refractivity contribution is -0.117. The van der Waals surface area contributed by atoms with E-state index in [0.717, 1.165) is 0 Å². The Bertz CT molecular complexity index is 379.